The van der Waals surface area contributed by atoms with Crippen LogP contribution < -0.4 is 0 Å². The number of hydrogen-bond acceptors (Lipinski definition) is 4. The van der Waals surface area contributed by atoms with Crippen LogP contribution >= 0.6 is 0 Å². The van der Waals surface area contributed by atoms with Crippen molar-refractivity contribution in [3.8, 4) is 0 Å². The second kappa shape index (κ2) is 6.65. The van der Waals surface area contributed by atoms with Crippen molar-refractivity contribution in [2.24, 2.45) is 0 Å². The number of aromatic amines is 1. The van der Waals surface area contributed by atoms with Gasteiger partial charge < -0.3 is 19.9 Å². The lowest BCUT2D eigenvalue weighted by molar-refractivity contribution is 0.265. The molecular weight excluding hydrogens is 302 g/mol. The molecule has 1 aliphatic heterocycles. The number of aliphatic hydroxyl groups excluding tert-OH is 1. The van der Waals surface area contributed by atoms with Gasteiger partial charge in [0.1, 0.15) is 17.4 Å². The van der Waals surface area contributed by atoms with E-state index in [-0.39, 0.29) is 5.76 Å². The van der Waals surface area contributed by atoms with Crippen LogP contribution in [0.25, 0.3) is 16.6 Å². The molecule has 3 N–H and O–H groups in total. The average Bonchev–Trinajstić information content (AvgIpc) is 3.08. The van der Waals surface area contributed by atoms with Crippen molar-refractivity contribution in [3.63, 3.8) is 0 Å². The van der Waals surface area contributed by atoms with Gasteiger partial charge in [-0.15, -0.1) is 0 Å². The van der Waals surface area contributed by atoms with Crippen molar-refractivity contribution >= 4 is 22.4 Å². The average molecular weight is 327 g/mol. The second-order valence-electron chi connectivity index (χ2n) is 6.22. The van der Waals surface area contributed by atoms with E-state index in [9.17, 15) is 5.11 Å². The molecule has 0 atom stereocenters. The van der Waals surface area contributed by atoms with Crippen molar-refractivity contribution in [2.75, 3.05) is 32.7 Å². The standard InChI is InChI=1S/C18H25N5O/c1-4-22(5-2)8-9-23-11-15(24)16(17(23)19)18-20-13-7-6-12(3)10-14(13)21-18/h6-7,10,19,24H,4-5,8-9,11H2,1-3H3,(H,20,21). The Morgan fingerprint density at radius 1 is 1.33 bits per heavy atom. The quantitative estimate of drug-likeness (QED) is 0.762. The molecule has 6 nitrogen and oxygen atoms in total. The Labute approximate surface area is 142 Å². The van der Waals surface area contributed by atoms with Crippen LogP contribution in [0, 0.1) is 12.3 Å². The first-order chi connectivity index (χ1) is 11.5. The van der Waals surface area contributed by atoms with Gasteiger partial charge in [0.2, 0.25) is 0 Å². The number of aryl methyl sites for hydroxylation is 1. The van der Waals surface area contributed by atoms with Gasteiger partial charge in [0.25, 0.3) is 0 Å². The number of hydrogen-bond donors (Lipinski definition) is 3. The Kier molecular flexibility index (Phi) is 4.57. The fourth-order valence-electron chi connectivity index (χ4n) is 3.12. The Hall–Kier alpha value is -2.34. The van der Waals surface area contributed by atoms with E-state index in [1.54, 1.807) is 0 Å². The molecule has 24 heavy (non-hydrogen) atoms. The van der Waals surface area contributed by atoms with Gasteiger partial charge >= 0.3 is 0 Å². The summed E-state index contributed by atoms with van der Waals surface area (Å²) in [6.45, 7) is 10.3. The third kappa shape index (κ3) is 3.01. The minimum absolute atomic E-state index is 0.218. The van der Waals surface area contributed by atoms with E-state index in [0.717, 1.165) is 42.8 Å². The molecule has 0 aliphatic carbocycles. The number of fused-ring (bicyclic) bond motifs is 1. The third-order valence-corrected chi connectivity index (χ3v) is 4.64. The predicted octanol–water partition coefficient (Wildman–Crippen LogP) is 2.78. The number of amidine groups is 1. The molecule has 128 valence electrons. The van der Waals surface area contributed by atoms with E-state index in [0.29, 0.717) is 23.8 Å². The Morgan fingerprint density at radius 2 is 2.08 bits per heavy atom. The summed E-state index contributed by atoms with van der Waals surface area (Å²) in [7, 11) is 0. The third-order valence-electron chi connectivity index (χ3n) is 4.64. The van der Waals surface area contributed by atoms with Gasteiger partial charge in [-0.25, -0.2) is 4.98 Å². The van der Waals surface area contributed by atoms with E-state index in [4.69, 9.17) is 5.41 Å². The molecule has 0 amide bonds. The van der Waals surface area contributed by atoms with Crippen LogP contribution in [-0.4, -0.2) is 63.4 Å². The molecule has 0 saturated carbocycles. The number of benzene rings is 1. The smallest absolute Gasteiger partial charge is 0.145 e. The number of aromatic nitrogens is 2. The number of H-pyrrole nitrogens is 1. The maximum Gasteiger partial charge on any atom is 0.145 e. The van der Waals surface area contributed by atoms with Crippen LogP contribution in [0.3, 0.4) is 0 Å². The molecule has 0 spiro atoms. The molecule has 0 fully saturated rings. The summed E-state index contributed by atoms with van der Waals surface area (Å²) in [6.07, 6.45) is 0. The molecule has 2 heterocycles. The maximum atomic E-state index is 10.4. The Bertz CT molecular complexity index is 788. The highest BCUT2D eigenvalue weighted by molar-refractivity contribution is 6.23. The van der Waals surface area contributed by atoms with Crippen molar-refractivity contribution in [1.82, 2.24) is 19.8 Å². The maximum absolute atomic E-state index is 10.4. The topological polar surface area (TPSA) is 79.2 Å². The number of likely N-dealkylation sites (N-methyl/N-ethyl adjacent to an activating group) is 1. The molecule has 1 aromatic carbocycles. The summed E-state index contributed by atoms with van der Waals surface area (Å²) >= 11 is 0. The zero-order chi connectivity index (χ0) is 17.3. The molecule has 0 unspecified atom stereocenters. The SMILES string of the molecule is CCN(CC)CCN1CC(O)=C(c2nc3ccc(C)cc3[nH]2)C1=N. The van der Waals surface area contributed by atoms with Gasteiger partial charge in [0, 0.05) is 13.1 Å². The fraction of sp³-hybridized carbons (Fsp3) is 0.444. The lowest BCUT2D eigenvalue weighted by Crippen LogP contribution is -2.36. The summed E-state index contributed by atoms with van der Waals surface area (Å²) in [5, 5.41) is 18.8. The first-order valence-electron chi connectivity index (χ1n) is 8.48. The summed E-state index contributed by atoms with van der Waals surface area (Å²) in [6, 6.07) is 6.00. The lowest BCUT2D eigenvalue weighted by atomic mass is 10.2. The Balaban J connectivity index is 1.80. The predicted molar refractivity (Wildman–Crippen MR) is 97.5 cm³/mol. The molecule has 0 bridgehead atoms. The monoisotopic (exact) mass is 327 g/mol. The number of aliphatic hydroxyl groups is 1. The molecule has 2 aromatic rings. The van der Waals surface area contributed by atoms with E-state index in [2.05, 4.69) is 28.7 Å². The normalized spacial score (nSPS) is 15.3. The van der Waals surface area contributed by atoms with Crippen molar-refractivity contribution < 1.29 is 5.11 Å². The summed E-state index contributed by atoms with van der Waals surface area (Å²) < 4.78 is 0. The van der Waals surface area contributed by atoms with Gasteiger partial charge in [0.05, 0.1) is 23.2 Å². The first-order valence-corrected chi connectivity index (χ1v) is 8.48. The van der Waals surface area contributed by atoms with Crippen molar-refractivity contribution in [2.45, 2.75) is 20.8 Å². The van der Waals surface area contributed by atoms with E-state index < -0.39 is 0 Å². The highest BCUT2D eigenvalue weighted by Crippen LogP contribution is 2.27. The fourth-order valence-corrected chi connectivity index (χ4v) is 3.12. The highest BCUT2D eigenvalue weighted by atomic mass is 16.3. The molecule has 0 radical (unpaired) electrons. The summed E-state index contributed by atoms with van der Waals surface area (Å²) in [4.78, 5) is 12.0. The zero-order valence-electron chi connectivity index (χ0n) is 14.6. The van der Waals surface area contributed by atoms with Crippen LogP contribution in [-0.2, 0) is 0 Å². The summed E-state index contributed by atoms with van der Waals surface area (Å²) in [5.74, 6) is 1.13. The van der Waals surface area contributed by atoms with Crippen LogP contribution in [0.4, 0.5) is 0 Å². The molecule has 6 heteroatoms. The van der Waals surface area contributed by atoms with E-state index in [1.165, 1.54) is 0 Å². The van der Waals surface area contributed by atoms with Gasteiger partial charge in [-0.3, -0.25) is 5.41 Å². The van der Waals surface area contributed by atoms with Gasteiger partial charge in [-0.1, -0.05) is 19.9 Å². The number of nitrogens with one attached hydrogen (secondary N) is 2. The molecule has 3 rings (SSSR count). The molecule has 1 aliphatic rings. The van der Waals surface area contributed by atoms with E-state index in [1.807, 2.05) is 30.0 Å². The number of imidazole rings is 1. The number of rotatable bonds is 6. The van der Waals surface area contributed by atoms with E-state index >= 15 is 0 Å². The van der Waals surface area contributed by atoms with Crippen LogP contribution in [0.5, 0.6) is 0 Å². The van der Waals surface area contributed by atoms with Crippen molar-refractivity contribution in [3.05, 3.63) is 35.3 Å². The minimum Gasteiger partial charge on any atom is -0.510 e. The lowest BCUT2D eigenvalue weighted by Gasteiger charge is -2.24. The van der Waals surface area contributed by atoms with Crippen LogP contribution in [0.1, 0.15) is 25.2 Å². The first kappa shape index (κ1) is 16.5. The van der Waals surface area contributed by atoms with Crippen LogP contribution in [0.15, 0.2) is 24.0 Å². The summed E-state index contributed by atoms with van der Waals surface area (Å²) in [5.41, 5.74) is 3.45. The molecular formula is C18H25N5O. The zero-order valence-corrected chi connectivity index (χ0v) is 14.6. The Morgan fingerprint density at radius 3 is 2.79 bits per heavy atom. The second-order valence-corrected chi connectivity index (χ2v) is 6.22. The number of nitrogens with zero attached hydrogens (tertiary/aromatic N) is 3. The van der Waals surface area contributed by atoms with Crippen LogP contribution in [0.2, 0.25) is 0 Å². The van der Waals surface area contributed by atoms with Gasteiger partial charge in [0.15, 0.2) is 0 Å². The van der Waals surface area contributed by atoms with Gasteiger partial charge in [-0.2, -0.15) is 0 Å². The van der Waals surface area contributed by atoms with Gasteiger partial charge in [-0.05, 0) is 37.7 Å². The molecule has 0 saturated heterocycles. The minimum atomic E-state index is 0.218. The van der Waals surface area contributed by atoms with Crippen molar-refractivity contribution in [1.29, 1.82) is 5.41 Å². The molecule has 1 aromatic heterocycles. The largest absolute Gasteiger partial charge is 0.510 e. The highest BCUT2D eigenvalue weighted by Gasteiger charge is 2.30.